The lowest BCUT2D eigenvalue weighted by Crippen LogP contribution is -2.33. The van der Waals surface area contributed by atoms with Crippen LogP contribution in [0.1, 0.15) is 31.2 Å². The Bertz CT molecular complexity index is 490. The highest BCUT2D eigenvalue weighted by molar-refractivity contribution is 9.10. The van der Waals surface area contributed by atoms with Crippen molar-refractivity contribution in [3.63, 3.8) is 0 Å². The molecular weight excluding hydrogens is 316 g/mol. The van der Waals surface area contributed by atoms with E-state index in [0.29, 0.717) is 18.5 Å². The molecule has 1 aromatic carbocycles. The Morgan fingerprint density at radius 1 is 1.47 bits per heavy atom. The van der Waals surface area contributed by atoms with Gasteiger partial charge >= 0.3 is 0 Å². The molecule has 1 aliphatic carbocycles. The number of halogens is 3. The van der Waals surface area contributed by atoms with Crippen molar-refractivity contribution in [2.75, 3.05) is 5.32 Å². The second-order valence-electron chi connectivity index (χ2n) is 5.10. The van der Waals surface area contributed by atoms with Crippen LogP contribution in [-0.2, 0) is 4.79 Å². The fourth-order valence-corrected chi connectivity index (χ4v) is 2.61. The number of carbonyl (C=O) groups excluding carboxylic acids is 1. The molecule has 0 bridgehead atoms. The van der Waals surface area contributed by atoms with Gasteiger partial charge in [0.1, 0.15) is 0 Å². The summed E-state index contributed by atoms with van der Waals surface area (Å²) in [6.45, 7) is 1.91. The third-order valence-electron chi connectivity index (χ3n) is 3.44. The summed E-state index contributed by atoms with van der Waals surface area (Å²) in [6, 6.07) is 5.42. The van der Waals surface area contributed by atoms with Crippen molar-refractivity contribution in [1.82, 2.24) is 0 Å². The summed E-state index contributed by atoms with van der Waals surface area (Å²) in [5.41, 5.74) is 1.64. The molecule has 1 fully saturated rings. The first-order valence-electron chi connectivity index (χ1n) is 6.32. The standard InChI is InChI=1S/C14H16BrF2NO/c1-9-7-11(4-5-12(9)15)18-13(19)10-3-2-6-14(16,17)8-10/h4-5,7,10H,2-3,6,8H2,1H3,(H,18,19). The number of nitrogens with one attached hydrogen (secondary N) is 1. The number of amides is 1. The molecule has 1 unspecified atom stereocenters. The van der Waals surface area contributed by atoms with E-state index in [1.807, 2.05) is 19.1 Å². The van der Waals surface area contributed by atoms with E-state index in [1.165, 1.54) is 0 Å². The highest BCUT2D eigenvalue weighted by atomic mass is 79.9. The van der Waals surface area contributed by atoms with Crippen molar-refractivity contribution >= 4 is 27.5 Å². The van der Waals surface area contributed by atoms with E-state index >= 15 is 0 Å². The van der Waals surface area contributed by atoms with E-state index in [2.05, 4.69) is 21.2 Å². The molecule has 2 rings (SSSR count). The smallest absolute Gasteiger partial charge is 0.248 e. The lowest BCUT2D eigenvalue weighted by atomic mass is 9.86. The van der Waals surface area contributed by atoms with Gasteiger partial charge in [0.15, 0.2) is 0 Å². The third-order valence-corrected chi connectivity index (χ3v) is 4.33. The Morgan fingerprint density at radius 2 is 2.21 bits per heavy atom. The Morgan fingerprint density at radius 3 is 2.84 bits per heavy atom. The molecule has 1 aromatic rings. The maximum Gasteiger partial charge on any atom is 0.248 e. The molecule has 0 aromatic heterocycles. The second kappa shape index (κ2) is 5.57. The van der Waals surface area contributed by atoms with E-state index in [0.717, 1.165) is 10.0 Å². The van der Waals surface area contributed by atoms with E-state index < -0.39 is 11.8 Å². The van der Waals surface area contributed by atoms with Crippen LogP contribution in [0.5, 0.6) is 0 Å². The summed E-state index contributed by atoms with van der Waals surface area (Å²) in [6.07, 6.45) is 0.504. The molecule has 1 aliphatic rings. The minimum atomic E-state index is -2.70. The number of hydrogen-bond donors (Lipinski definition) is 1. The third kappa shape index (κ3) is 3.75. The molecule has 19 heavy (non-hydrogen) atoms. The van der Waals surface area contributed by atoms with Crippen LogP contribution in [0, 0.1) is 12.8 Å². The summed E-state index contributed by atoms with van der Waals surface area (Å²) in [7, 11) is 0. The van der Waals surface area contributed by atoms with Crippen molar-refractivity contribution in [3.05, 3.63) is 28.2 Å². The van der Waals surface area contributed by atoms with Gasteiger partial charge in [0.2, 0.25) is 11.8 Å². The van der Waals surface area contributed by atoms with Crippen LogP contribution in [0.25, 0.3) is 0 Å². The molecule has 5 heteroatoms. The number of aryl methyl sites for hydroxylation is 1. The lowest BCUT2D eigenvalue weighted by Gasteiger charge is -2.28. The van der Waals surface area contributed by atoms with Gasteiger partial charge in [-0.15, -0.1) is 0 Å². The Labute approximate surface area is 119 Å². The van der Waals surface area contributed by atoms with Gasteiger partial charge in [-0.25, -0.2) is 8.78 Å². The van der Waals surface area contributed by atoms with Gasteiger partial charge in [0.05, 0.1) is 0 Å². The molecule has 104 valence electrons. The zero-order valence-electron chi connectivity index (χ0n) is 10.7. The molecule has 0 saturated heterocycles. The van der Waals surface area contributed by atoms with Gasteiger partial charge < -0.3 is 5.32 Å². The molecule has 2 nitrogen and oxygen atoms in total. The van der Waals surface area contributed by atoms with Crippen LogP contribution in [0.3, 0.4) is 0 Å². The minimum absolute atomic E-state index is 0.103. The summed E-state index contributed by atoms with van der Waals surface area (Å²) in [4.78, 5) is 12.0. The van der Waals surface area contributed by atoms with Crippen LogP contribution in [-0.4, -0.2) is 11.8 Å². The molecule has 1 N–H and O–H groups in total. The fourth-order valence-electron chi connectivity index (χ4n) is 2.36. The summed E-state index contributed by atoms with van der Waals surface area (Å²) >= 11 is 3.38. The first-order chi connectivity index (χ1) is 8.87. The molecule has 0 heterocycles. The molecule has 1 atom stereocenters. The Kier molecular flexibility index (Phi) is 4.23. The number of anilines is 1. The highest BCUT2D eigenvalue weighted by Crippen LogP contribution is 2.37. The molecule has 0 spiro atoms. The SMILES string of the molecule is Cc1cc(NC(=O)C2CCCC(F)(F)C2)ccc1Br. The number of benzene rings is 1. The van der Waals surface area contributed by atoms with Gasteiger partial charge in [0, 0.05) is 28.9 Å². The van der Waals surface area contributed by atoms with E-state index in [4.69, 9.17) is 0 Å². The van der Waals surface area contributed by atoms with Crippen LogP contribution >= 0.6 is 15.9 Å². The van der Waals surface area contributed by atoms with Crippen LogP contribution in [0.4, 0.5) is 14.5 Å². The van der Waals surface area contributed by atoms with Crippen molar-refractivity contribution in [1.29, 1.82) is 0 Å². The van der Waals surface area contributed by atoms with E-state index in [-0.39, 0.29) is 18.7 Å². The topological polar surface area (TPSA) is 29.1 Å². The van der Waals surface area contributed by atoms with Gasteiger partial charge in [-0.2, -0.15) is 0 Å². The molecule has 0 radical (unpaired) electrons. The average molecular weight is 332 g/mol. The van der Waals surface area contributed by atoms with Crippen LogP contribution in [0.2, 0.25) is 0 Å². The predicted molar refractivity (Wildman–Crippen MR) is 74.4 cm³/mol. The molecule has 1 amide bonds. The fraction of sp³-hybridized carbons (Fsp3) is 0.500. The Balaban J connectivity index is 2.02. The van der Waals surface area contributed by atoms with Gasteiger partial charge in [-0.1, -0.05) is 15.9 Å². The monoisotopic (exact) mass is 331 g/mol. The number of hydrogen-bond acceptors (Lipinski definition) is 1. The predicted octanol–water partition coefficient (Wildman–Crippen LogP) is 4.52. The van der Waals surface area contributed by atoms with Crippen LogP contribution < -0.4 is 5.32 Å². The summed E-state index contributed by atoms with van der Waals surface area (Å²) in [5.74, 6) is -3.59. The molecule has 1 saturated carbocycles. The van der Waals surface area contributed by atoms with Gasteiger partial charge in [-0.3, -0.25) is 4.79 Å². The molecular formula is C14H16BrF2NO. The molecule has 0 aliphatic heterocycles. The zero-order chi connectivity index (χ0) is 14.0. The van der Waals surface area contributed by atoms with Gasteiger partial charge in [-0.05, 0) is 43.5 Å². The van der Waals surface area contributed by atoms with Crippen molar-refractivity contribution in [3.8, 4) is 0 Å². The van der Waals surface area contributed by atoms with E-state index in [9.17, 15) is 13.6 Å². The normalized spacial score (nSPS) is 22.0. The number of carbonyl (C=O) groups is 1. The largest absolute Gasteiger partial charge is 0.326 e. The second-order valence-corrected chi connectivity index (χ2v) is 5.96. The van der Waals surface area contributed by atoms with Crippen molar-refractivity contribution in [2.45, 2.75) is 38.5 Å². The summed E-state index contributed by atoms with van der Waals surface area (Å²) < 4.78 is 27.5. The van der Waals surface area contributed by atoms with E-state index in [1.54, 1.807) is 6.07 Å². The summed E-state index contributed by atoms with van der Waals surface area (Å²) in [5, 5.41) is 2.72. The average Bonchev–Trinajstić information content (AvgIpc) is 2.32. The number of alkyl halides is 2. The minimum Gasteiger partial charge on any atom is -0.326 e. The highest BCUT2D eigenvalue weighted by Gasteiger charge is 2.39. The van der Waals surface area contributed by atoms with Gasteiger partial charge in [0.25, 0.3) is 0 Å². The van der Waals surface area contributed by atoms with Crippen molar-refractivity contribution in [2.24, 2.45) is 5.92 Å². The maximum atomic E-state index is 13.3. The zero-order valence-corrected chi connectivity index (χ0v) is 12.3. The number of rotatable bonds is 2. The van der Waals surface area contributed by atoms with Crippen LogP contribution in [0.15, 0.2) is 22.7 Å². The Hall–Kier alpha value is -0.970. The quantitative estimate of drug-likeness (QED) is 0.848. The maximum absolute atomic E-state index is 13.3. The van der Waals surface area contributed by atoms with Crippen molar-refractivity contribution < 1.29 is 13.6 Å². The first kappa shape index (κ1) is 14.4. The lowest BCUT2D eigenvalue weighted by molar-refractivity contribution is -0.127. The first-order valence-corrected chi connectivity index (χ1v) is 7.11.